The van der Waals surface area contributed by atoms with Gasteiger partial charge in [0.2, 0.25) is 0 Å². The number of aromatic nitrogens is 1. The van der Waals surface area contributed by atoms with E-state index in [1.54, 1.807) is 30.3 Å². The number of carbonyl (C=O) groups excluding carboxylic acids is 1. The van der Waals surface area contributed by atoms with Crippen molar-refractivity contribution in [1.82, 2.24) is 10.4 Å². The molecular formula is C24H26N4O4S. The summed E-state index contributed by atoms with van der Waals surface area (Å²) < 4.78 is 32.9. The molecule has 3 aromatic rings. The minimum atomic E-state index is -4.00. The number of anilines is 1. The second kappa shape index (κ2) is 11.8. The van der Waals surface area contributed by atoms with E-state index in [0.29, 0.717) is 6.61 Å². The molecule has 0 aliphatic heterocycles. The molecule has 1 heterocycles. The molecule has 0 unspecified atom stereocenters. The van der Waals surface area contributed by atoms with E-state index < -0.39 is 22.5 Å². The van der Waals surface area contributed by atoms with Crippen LogP contribution in [0.2, 0.25) is 0 Å². The Balaban J connectivity index is 1.67. The molecule has 0 spiro atoms. The monoisotopic (exact) mass is 466 g/mol. The Hall–Kier alpha value is -3.72. The van der Waals surface area contributed by atoms with Crippen LogP contribution in [0.25, 0.3) is 0 Å². The first kappa shape index (κ1) is 23.9. The van der Waals surface area contributed by atoms with Crippen LogP contribution < -0.4 is 14.5 Å². The zero-order valence-corrected chi connectivity index (χ0v) is 19.1. The molecule has 33 heavy (non-hydrogen) atoms. The number of hydrogen-bond donors (Lipinski definition) is 1. The van der Waals surface area contributed by atoms with Crippen LogP contribution in [-0.4, -0.2) is 38.7 Å². The average molecular weight is 467 g/mol. The third-order valence-electron chi connectivity index (χ3n) is 4.57. The largest absolute Gasteiger partial charge is 0.494 e. The molecule has 0 bridgehead atoms. The fraction of sp³-hybridized carbons (Fsp3) is 0.208. The van der Waals surface area contributed by atoms with Crippen LogP contribution in [0.4, 0.5) is 5.82 Å². The number of benzene rings is 2. The Bertz CT molecular complexity index is 1150. The molecule has 1 aromatic heterocycles. The van der Waals surface area contributed by atoms with E-state index >= 15 is 0 Å². The molecule has 1 N–H and O–H groups in total. The third kappa shape index (κ3) is 6.88. The van der Waals surface area contributed by atoms with E-state index in [2.05, 4.69) is 22.4 Å². The Morgan fingerprint density at radius 1 is 1.06 bits per heavy atom. The van der Waals surface area contributed by atoms with Gasteiger partial charge in [0.1, 0.15) is 18.1 Å². The summed E-state index contributed by atoms with van der Waals surface area (Å²) in [6.07, 6.45) is 5.00. The van der Waals surface area contributed by atoms with Crippen LogP contribution in [0.5, 0.6) is 5.75 Å². The molecule has 2 aromatic carbocycles. The lowest BCUT2D eigenvalue weighted by Crippen LogP contribution is -2.40. The molecule has 172 valence electrons. The van der Waals surface area contributed by atoms with Crippen molar-refractivity contribution >= 4 is 28.0 Å². The fourth-order valence-electron chi connectivity index (χ4n) is 2.84. The van der Waals surface area contributed by atoms with Gasteiger partial charge in [0.25, 0.3) is 15.9 Å². The number of nitrogens with zero attached hydrogens (tertiary/aromatic N) is 3. The highest BCUT2D eigenvalue weighted by Crippen LogP contribution is 2.21. The van der Waals surface area contributed by atoms with E-state index in [-0.39, 0.29) is 10.7 Å². The first-order valence-electron chi connectivity index (χ1n) is 10.5. The summed E-state index contributed by atoms with van der Waals surface area (Å²) in [7, 11) is -4.00. The predicted octanol–water partition coefficient (Wildman–Crippen LogP) is 3.61. The quantitative estimate of drug-likeness (QED) is 0.264. The van der Waals surface area contributed by atoms with Gasteiger partial charge < -0.3 is 4.74 Å². The molecule has 1 amide bonds. The Morgan fingerprint density at radius 3 is 2.45 bits per heavy atom. The summed E-state index contributed by atoms with van der Waals surface area (Å²) in [4.78, 5) is 16.7. The second-order valence-electron chi connectivity index (χ2n) is 7.08. The van der Waals surface area contributed by atoms with Crippen molar-refractivity contribution in [3.63, 3.8) is 0 Å². The lowest BCUT2D eigenvalue weighted by Gasteiger charge is -2.22. The van der Waals surface area contributed by atoms with Crippen LogP contribution in [0.3, 0.4) is 0 Å². The van der Waals surface area contributed by atoms with Gasteiger partial charge in [-0.05, 0) is 60.5 Å². The smallest absolute Gasteiger partial charge is 0.265 e. The van der Waals surface area contributed by atoms with Gasteiger partial charge in [-0.1, -0.05) is 37.6 Å². The maximum Gasteiger partial charge on any atom is 0.265 e. The Morgan fingerprint density at radius 2 is 1.79 bits per heavy atom. The SMILES string of the molecule is CCCCOc1ccc(/C=N\NC(=O)CN(c2ccccn2)S(=O)(=O)c2ccccc2)cc1. The fourth-order valence-corrected chi connectivity index (χ4v) is 4.24. The molecule has 0 atom stereocenters. The van der Waals surface area contributed by atoms with Crippen molar-refractivity contribution in [1.29, 1.82) is 0 Å². The summed E-state index contributed by atoms with van der Waals surface area (Å²) in [5, 5.41) is 3.94. The van der Waals surface area contributed by atoms with Gasteiger partial charge in [0.15, 0.2) is 0 Å². The lowest BCUT2D eigenvalue weighted by molar-refractivity contribution is -0.119. The van der Waals surface area contributed by atoms with Crippen molar-refractivity contribution in [3.8, 4) is 5.75 Å². The maximum atomic E-state index is 13.1. The summed E-state index contributed by atoms with van der Waals surface area (Å²) in [5.74, 6) is 0.303. The number of carbonyl (C=O) groups is 1. The van der Waals surface area contributed by atoms with Crippen LogP contribution in [0, 0.1) is 0 Å². The van der Waals surface area contributed by atoms with Gasteiger partial charge in [0.05, 0.1) is 17.7 Å². The normalized spacial score (nSPS) is 11.3. The number of amides is 1. The minimum absolute atomic E-state index is 0.0631. The molecule has 8 nitrogen and oxygen atoms in total. The molecular weight excluding hydrogens is 440 g/mol. The molecule has 9 heteroatoms. The summed E-state index contributed by atoms with van der Waals surface area (Å²) >= 11 is 0. The number of nitrogens with one attached hydrogen (secondary N) is 1. The first-order valence-corrected chi connectivity index (χ1v) is 12.0. The third-order valence-corrected chi connectivity index (χ3v) is 6.34. The average Bonchev–Trinajstić information content (AvgIpc) is 2.85. The first-order chi connectivity index (χ1) is 16.0. The van der Waals surface area contributed by atoms with E-state index in [4.69, 9.17) is 4.74 Å². The summed E-state index contributed by atoms with van der Waals surface area (Å²) in [5.41, 5.74) is 3.14. The van der Waals surface area contributed by atoms with E-state index in [1.807, 2.05) is 24.3 Å². The topological polar surface area (TPSA) is 101 Å². The van der Waals surface area contributed by atoms with Crippen molar-refractivity contribution < 1.29 is 17.9 Å². The molecule has 0 aliphatic rings. The van der Waals surface area contributed by atoms with Gasteiger partial charge in [-0.25, -0.2) is 23.1 Å². The van der Waals surface area contributed by atoms with E-state index in [1.165, 1.54) is 30.6 Å². The standard InChI is InChI=1S/C24H26N4O4S/c1-2-3-17-32-21-14-12-20(13-15-21)18-26-27-24(29)19-28(23-11-7-8-16-25-23)33(30,31)22-9-5-4-6-10-22/h4-16,18H,2-3,17,19H2,1H3,(H,27,29)/b26-18-. The van der Waals surface area contributed by atoms with Crippen molar-refractivity contribution in [2.45, 2.75) is 24.7 Å². The minimum Gasteiger partial charge on any atom is -0.494 e. The van der Waals surface area contributed by atoms with Crippen molar-refractivity contribution in [2.75, 3.05) is 17.5 Å². The lowest BCUT2D eigenvalue weighted by atomic mass is 10.2. The number of rotatable bonds is 11. The van der Waals surface area contributed by atoms with E-state index in [0.717, 1.165) is 28.5 Å². The van der Waals surface area contributed by atoms with Crippen LogP contribution in [-0.2, 0) is 14.8 Å². The van der Waals surface area contributed by atoms with Crippen molar-refractivity contribution in [2.24, 2.45) is 5.10 Å². The highest BCUT2D eigenvalue weighted by atomic mass is 32.2. The van der Waals surface area contributed by atoms with Crippen LogP contribution in [0.1, 0.15) is 25.3 Å². The van der Waals surface area contributed by atoms with Gasteiger partial charge in [0, 0.05) is 6.20 Å². The number of unbranched alkanes of at least 4 members (excludes halogenated alkanes) is 1. The molecule has 0 aliphatic carbocycles. The summed E-state index contributed by atoms with van der Waals surface area (Å²) in [6, 6.07) is 20.0. The molecule has 0 saturated heterocycles. The number of ether oxygens (including phenoxy) is 1. The Labute approximate surface area is 194 Å². The van der Waals surface area contributed by atoms with E-state index in [9.17, 15) is 13.2 Å². The maximum absolute atomic E-state index is 13.1. The molecule has 0 saturated carbocycles. The van der Waals surface area contributed by atoms with Gasteiger partial charge in [-0.2, -0.15) is 5.10 Å². The number of hydrogen-bond acceptors (Lipinski definition) is 6. The zero-order valence-electron chi connectivity index (χ0n) is 18.3. The predicted molar refractivity (Wildman–Crippen MR) is 128 cm³/mol. The summed E-state index contributed by atoms with van der Waals surface area (Å²) in [6.45, 7) is 2.29. The van der Waals surface area contributed by atoms with Crippen LogP contribution >= 0.6 is 0 Å². The molecule has 3 rings (SSSR count). The zero-order chi connectivity index (χ0) is 23.5. The number of sulfonamides is 1. The second-order valence-corrected chi connectivity index (χ2v) is 8.94. The highest BCUT2D eigenvalue weighted by molar-refractivity contribution is 7.92. The van der Waals surface area contributed by atoms with Crippen molar-refractivity contribution in [3.05, 3.63) is 84.6 Å². The van der Waals surface area contributed by atoms with Gasteiger partial charge in [-0.15, -0.1) is 0 Å². The van der Waals surface area contributed by atoms with Gasteiger partial charge in [-0.3, -0.25) is 4.79 Å². The number of pyridine rings is 1. The van der Waals surface area contributed by atoms with Gasteiger partial charge >= 0.3 is 0 Å². The Kier molecular flexibility index (Phi) is 8.54. The molecule has 0 radical (unpaired) electrons. The number of hydrazone groups is 1. The molecule has 0 fully saturated rings. The van der Waals surface area contributed by atoms with Crippen LogP contribution in [0.15, 0.2) is 89.0 Å². The highest BCUT2D eigenvalue weighted by Gasteiger charge is 2.27.